The number of para-hydroxylation sites is 1. The van der Waals surface area contributed by atoms with Gasteiger partial charge in [-0.05, 0) is 30.7 Å². The molecular formula is C12H14BrNS. The number of fused-ring (bicyclic) bond motifs is 1. The van der Waals surface area contributed by atoms with E-state index in [4.69, 9.17) is 0 Å². The highest BCUT2D eigenvalue weighted by molar-refractivity contribution is 9.09. The van der Waals surface area contributed by atoms with Crippen LogP contribution in [-0.2, 0) is 0 Å². The number of unbranched alkanes of at least 4 members (excludes halogenated alkanes) is 1. The molecule has 0 saturated carbocycles. The van der Waals surface area contributed by atoms with E-state index in [2.05, 4.69) is 51.2 Å². The third kappa shape index (κ3) is 3.02. The predicted octanol–water partition coefficient (Wildman–Crippen LogP) is 4.44. The predicted molar refractivity (Wildman–Crippen MR) is 72.1 cm³/mol. The van der Waals surface area contributed by atoms with E-state index < -0.39 is 0 Å². The zero-order valence-electron chi connectivity index (χ0n) is 8.50. The SMILES string of the molecule is BrCCCCSc1cc2ccccc2[nH]1. The van der Waals surface area contributed by atoms with Crippen LogP contribution in [0.25, 0.3) is 10.9 Å². The lowest BCUT2D eigenvalue weighted by Gasteiger charge is -1.96. The lowest BCUT2D eigenvalue weighted by atomic mass is 10.3. The number of H-pyrrole nitrogens is 1. The van der Waals surface area contributed by atoms with Crippen LogP contribution >= 0.6 is 27.7 Å². The number of aromatic amines is 1. The first-order valence-electron chi connectivity index (χ1n) is 5.16. The van der Waals surface area contributed by atoms with E-state index in [1.165, 1.54) is 34.5 Å². The average Bonchev–Trinajstić information content (AvgIpc) is 2.67. The Bertz CT molecular complexity index is 391. The molecule has 2 rings (SSSR count). The van der Waals surface area contributed by atoms with Crippen LogP contribution in [0.2, 0.25) is 0 Å². The summed E-state index contributed by atoms with van der Waals surface area (Å²) < 4.78 is 0. The van der Waals surface area contributed by atoms with E-state index in [1.807, 2.05) is 11.8 Å². The highest BCUT2D eigenvalue weighted by Crippen LogP contribution is 2.23. The maximum absolute atomic E-state index is 3.45. The first kappa shape index (κ1) is 11.1. The normalized spacial score (nSPS) is 11.0. The summed E-state index contributed by atoms with van der Waals surface area (Å²) in [7, 11) is 0. The summed E-state index contributed by atoms with van der Waals surface area (Å²) in [5.41, 5.74) is 1.24. The Morgan fingerprint density at radius 3 is 2.87 bits per heavy atom. The molecule has 0 unspecified atom stereocenters. The number of thioether (sulfide) groups is 1. The minimum absolute atomic E-state index is 1.11. The lowest BCUT2D eigenvalue weighted by Crippen LogP contribution is -1.81. The van der Waals surface area contributed by atoms with Gasteiger partial charge in [0, 0.05) is 16.2 Å². The second-order valence-corrected chi connectivity index (χ2v) is 5.40. The van der Waals surface area contributed by atoms with Crippen LogP contribution in [-0.4, -0.2) is 16.1 Å². The number of halogens is 1. The molecule has 80 valence electrons. The van der Waals surface area contributed by atoms with Gasteiger partial charge in [-0.25, -0.2) is 0 Å². The smallest absolute Gasteiger partial charge is 0.0732 e. The van der Waals surface area contributed by atoms with Crippen LogP contribution in [0.4, 0.5) is 0 Å². The van der Waals surface area contributed by atoms with Crippen molar-refractivity contribution in [3.63, 3.8) is 0 Å². The summed E-state index contributed by atoms with van der Waals surface area (Å²) in [6.45, 7) is 0. The van der Waals surface area contributed by atoms with Gasteiger partial charge in [-0.15, -0.1) is 11.8 Å². The minimum atomic E-state index is 1.11. The van der Waals surface area contributed by atoms with Crippen molar-refractivity contribution >= 4 is 38.6 Å². The Kier molecular flexibility index (Phi) is 4.15. The largest absolute Gasteiger partial charge is 0.350 e. The van der Waals surface area contributed by atoms with E-state index in [-0.39, 0.29) is 0 Å². The van der Waals surface area contributed by atoms with Crippen LogP contribution in [0.1, 0.15) is 12.8 Å². The molecule has 0 saturated heterocycles. The van der Waals surface area contributed by atoms with Crippen LogP contribution < -0.4 is 0 Å². The second kappa shape index (κ2) is 5.61. The van der Waals surface area contributed by atoms with Crippen molar-refractivity contribution in [2.24, 2.45) is 0 Å². The lowest BCUT2D eigenvalue weighted by molar-refractivity contribution is 0.912. The average molecular weight is 284 g/mol. The number of hydrogen-bond donors (Lipinski definition) is 1. The number of aromatic nitrogens is 1. The zero-order valence-corrected chi connectivity index (χ0v) is 10.9. The molecule has 1 heterocycles. The maximum atomic E-state index is 3.45. The topological polar surface area (TPSA) is 15.8 Å². The van der Waals surface area contributed by atoms with Gasteiger partial charge in [0.1, 0.15) is 0 Å². The highest BCUT2D eigenvalue weighted by atomic mass is 79.9. The summed E-state index contributed by atoms with van der Waals surface area (Å²) >= 11 is 5.36. The Balaban J connectivity index is 1.97. The van der Waals surface area contributed by atoms with Gasteiger partial charge >= 0.3 is 0 Å². The van der Waals surface area contributed by atoms with Gasteiger partial charge in [-0.1, -0.05) is 34.1 Å². The van der Waals surface area contributed by atoms with Crippen LogP contribution in [0.15, 0.2) is 35.4 Å². The molecule has 0 spiro atoms. The quantitative estimate of drug-likeness (QED) is 0.487. The Labute approximate surface area is 103 Å². The summed E-state index contributed by atoms with van der Waals surface area (Å²) in [5, 5.41) is 3.70. The molecule has 1 aromatic heterocycles. The summed E-state index contributed by atoms with van der Waals surface area (Å²) in [5.74, 6) is 1.19. The molecule has 0 aliphatic carbocycles. The molecule has 1 nitrogen and oxygen atoms in total. The van der Waals surface area contributed by atoms with E-state index in [0.29, 0.717) is 0 Å². The van der Waals surface area contributed by atoms with Crippen molar-refractivity contribution in [1.82, 2.24) is 4.98 Å². The molecule has 1 N–H and O–H groups in total. The van der Waals surface area contributed by atoms with E-state index in [1.54, 1.807) is 0 Å². The van der Waals surface area contributed by atoms with Gasteiger partial charge in [0.2, 0.25) is 0 Å². The third-order valence-electron chi connectivity index (χ3n) is 2.29. The van der Waals surface area contributed by atoms with Crippen LogP contribution in [0.5, 0.6) is 0 Å². The molecule has 0 atom stereocenters. The molecular weight excluding hydrogens is 270 g/mol. The van der Waals surface area contributed by atoms with Crippen LogP contribution in [0, 0.1) is 0 Å². The summed E-state index contributed by atoms with van der Waals surface area (Å²) in [4.78, 5) is 3.42. The molecule has 0 fully saturated rings. The van der Waals surface area contributed by atoms with Gasteiger partial charge in [0.25, 0.3) is 0 Å². The monoisotopic (exact) mass is 283 g/mol. The maximum Gasteiger partial charge on any atom is 0.0732 e. The van der Waals surface area contributed by atoms with Crippen molar-refractivity contribution < 1.29 is 0 Å². The fraction of sp³-hybridized carbons (Fsp3) is 0.333. The van der Waals surface area contributed by atoms with E-state index in [0.717, 1.165) is 5.33 Å². The Morgan fingerprint density at radius 1 is 1.20 bits per heavy atom. The van der Waals surface area contributed by atoms with Gasteiger partial charge in [-0.3, -0.25) is 0 Å². The summed E-state index contributed by atoms with van der Waals surface area (Å²) in [6, 6.07) is 10.6. The number of nitrogens with one attached hydrogen (secondary N) is 1. The van der Waals surface area contributed by atoms with Crippen molar-refractivity contribution in [3.8, 4) is 0 Å². The second-order valence-electron chi connectivity index (χ2n) is 3.47. The molecule has 0 amide bonds. The molecule has 1 aromatic carbocycles. The van der Waals surface area contributed by atoms with Crippen molar-refractivity contribution in [3.05, 3.63) is 30.3 Å². The number of alkyl halides is 1. The van der Waals surface area contributed by atoms with E-state index >= 15 is 0 Å². The molecule has 0 aliphatic heterocycles. The minimum Gasteiger partial charge on any atom is -0.350 e. The molecule has 15 heavy (non-hydrogen) atoms. The number of hydrogen-bond acceptors (Lipinski definition) is 1. The molecule has 0 aliphatic rings. The highest BCUT2D eigenvalue weighted by Gasteiger charge is 1.99. The molecule has 2 aromatic rings. The number of benzene rings is 1. The van der Waals surface area contributed by atoms with Crippen LogP contribution in [0.3, 0.4) is 0 Å². The Morgan fingerprint density at radius 2 is 2.07 bits per heavy atom. The van der Waals surface area contributed by atoms with Crippen molar-refractivity contribution in [1.29, 1.82) is 0 Å². The number of rotatable bonds is 5. The summed E-state index contributed by atoms with van der Waals surface area (Å²) in [6.07, 6.45) is 2.53. The molecule has 0 radical (unpaired) electrons. The molecule has 3 heteroatoms. The van der Waals surface area contributed by atoms with Gasteiger partial charge in [-0.2, -0.15) is 0 Å². The standard InChI is InChI=1S/C12H14BrNS/c13-7-3-4-8-15-12-9-10-5-1-2-6-11(10)14-12/h1-2,5-6,9,14H,3-4,7-8H2. The first-order chi connectivity index (χ1) is 7.40. The van der Waals surface area contributed by atoms with Gasteiger partial charge < -0.3 is 4.98 Å². The molecule has 0 bridgehead atoms. The van der Waals surface area contributed by atoms with Crippen molar-refractivity contribution in [2.45, 2.75) is 17.9 Å². The Hall–Kier alpha value is -0.410. The fourth-order valence-corrected chi connectivity index (χ4v) is 2.86. The zero-order chi connectivity index (χ0) is 10.5. The van der Waals surface area contributed by atoms with Crippen molar-refractivity contribution in [2.75, 3.05) is 11.1 Å². The fourth-order valence-electron chi connectivity index (χ4n) is 1.50. The van der Waals surface area contributed by atoms with Gasteiger partial charge in [0.05, 0.1) is 5.03 Å². The van der Waals surface area contributed by atoms with Gasteiger partial charge in [0.15, 0.2) is 0 Å². The first-order valence-corrected chi connectivity index (χ1v) is 7.27. The van der Waals surface area contributed by atoms with E-state index in [9.17, 15) is 0 Å². The third-order valence-corrected chi connectivity index (χ3v) is 3.88.